The second-order valence-corrected chi connectivity index (χ2v) is 7.57. The van der Waals surface area contributed by atoms with Gasteiger partial charge >= 0.3 is 0 Å². The first-order chi connectivity index (χ1) is 15.2. The van der Waals surface area contributed by atoms with Crippen LogP contribution in [0, 0.1) is 0 Å². The van der Waals surface area contributed by atoms with Crippen LogP contribution >= 0.6 is 0 Å². The van der Waals surface area contributed by atoms with Crippen molar-refractivity contribution in [2.24, 2.45) is 0 Å². The molecule has 0 atom stereocenters. The van der Waals surface area contributed by atoms with Crippen LogP contribution in [-0.2, 0) is 4.79 Å². The molecule has 1 fully saturated rings. The molecule has 31 heavy (non-hydrogen) atoms. The number of carbonyl (C=O) groups excluding carboxylic acids is 2. The second-order valence-electron chi connectivity index (χ2n) is 7.57. The molecule has 0 aliphatic carbocycles. The minimum Gasteiger partial charge on any atom is -0.483 e. The standard InChI is InChI=1S/C24H22N4O3/c29-23(15-31-22-7-3-5-17-4-1-2-6-19(17)22)27-10-12-28(13-11-27)24(30)18-8-9-20-21(14-18)26-16-25-20/h1-9,14,16H,10-13,15H2,(H,25,26). The van der Waals surface area contributed by atoms with E-state index < -0.39 is 0 Å². The first-order valence-corrected chi connectivity index (χ1v) is 10.3. The molecular formula is C24H22N4O3. The van der Waals surface area contributed by atoms with E-state index in [0.717, 1.165) is 21.8 Å². The van der Waals surface area contributed by atoms with Gasteiger partial charge in [-0.25, -0.2) is 4.98 Å². The molecule has 0 radical (unpaired) electrons. The summed E-state index contributed by atoms with van der Waals surface area (Å²) in [5, 5.41) is 2.07. The Labute approximate surface area is 179 Å². The van der Waals surface area contributed by atoms with Crippen LogP contribution in [-0.4, -0.2) is 64.4 Å². The molecule has 3 aromatic carbocycles. The molecule has 0 spiro atoms. The highest BCUT2D eigenvalue weighted by molar-refractivity contribution is 5.97. The minimum atomic E-state index is -0.0705. The molecular weight excluding hydrogens is 392 g/mol. The molecule has 1 aliphatic heterocycles. The van der Waals surface area contributed by atoms with Gasteiger partial charge in [0.05, 0.1) is 17.4 Å². The van der Waals surface area contributed by atoms with Crippen molar-refractivity contribution in [3.05, 3.63) is 72.6 Å². The number of hydrogen-bond acceptors (Lipinski definition) is 4. The molecule has 2 heterocycles. The number of aromatic amines is 1. The van der Waals surface area contributed by atoms with Crippen molar-refractivity contribution in [3.8, 4) is 5.75 Å². The first-order valence-electron chi connectivity index (χ1n) is 10.3. The quantitative estimate of drug-likeness (QED) is 0.557. The number of rotatable bonds is 4. The van der Waals surface area contributed by atoms with Crippen molar-refractivity contribution in [1.29, 1.82) is 0 Å². The molecule has 2 amide bonds. The first kappa shape index (κ1) is 19.1. The number of ether oxygens (including phenoxy) is 1. The molecule has 0 unspecified atom stereocenters. The average molecular weight is 414 g/mol. The number of imidazole rings is 1. The maximum atomic E-state index is 12.8. The summed E-state index contributed by atoms with van der Waals surface area (Å²) in [5.74, 6) is 0.601. The minimum absolute atomic E-state index is 0.0154. The van der Waals surface area contributed by atoms with E-state index in [1.54, 1.807) is 22.2 Å². The van der Waals surface area contributed by atoms with Gasteiger partial charge in [0, 0.05) is 37.1 Å². The summed E-state index contributed by atoms with van der Waals surface area (Å²) in [4.78, 5) is 36.2. The summed E-state index contributed by atoms with van der Waals surface area (Å²) >= 11 is 0. The molecule has 156 valence electrons. The van der Waals surface area contributed by atoms with Crippen LogP contribution in [0.5, 0.6) is 5.75 Å². The predicted octanol–water partition coefficient (Wildman–Crippen LogP) is 3.08. The number of fused-ring (bicyclic) bond motifs is 2. The number of carbonyl (C=O) groups is 2. The summed E-state index contributed by atoms with van der Waals surface area (Å²) in [6.45, 7) is 1.98. The molecule has 7 nitrogen and oxygen atoms in total. The Hall–Kier alpha value is -3.87. The van der Waals surface area contributed by atoms with Gasteiger partial charge in [0.1, 0.15) is 5.75 Å². The lowest BCUT2D eigenvalue weighted by atomic mass is 10.1. The maximum Gasteiger partial charge on any atom is 0.260 e. The normalized spacial score (nSPS) is 14.2. The number of nitrogens with zero attached hydrogens (tertiary/aromatic N) is 3. The highest BCUT2D eigenvalue weighted by Gasteiger charge is 2.25. The average Bonchev–Trinajstić information content (AvgIpc) is 3.30. The Balaban J connectivity index is 1.18. The van der Waals surface area contributed by atoms with Crippen LogP contribution in [0.25, 0.3) is 21.8 Å². The van der Waals surface area contributed by atoms with Gasteiger partial charge in [-0.2, -0.15) is 0 Å². The topological polar surface area (TPSA) is 78.5 Å². The molecule has 1 aliphatic rings. The number of amides is 2. The third-order valence-corrected chi connectivity index (χ3v) is 5.69. The molecule has 1 aromatic heterocycles. The number of piperazine rings is 1. The van der Waals surface area contributed by atoms with Crippen LogP contribution in [0.4, 0.5) is 0 Å². The third-order valence-electron chi connectivity index (χ3n) is 5.69. The van der Waals surface area contributed by atoms with Crippen molar-refractivity contribution < 1.29 is 14.3 Å². The maximum absolute atomic E-state index is 12.8. The zero-order valence-corrected chi connectivity index (χ0v) is 17.0. The van der Waals surface area contributed by atoms with E-state index >= 15 is 0 Å². The summed E-state index contributed by atoms with van der Waals surface area (Å²) < 4.78 is 5.83. The number of H-pyrrole nitrogens is 1. The van der Waals surface area contributed by atoms with E-state index in [1.807, 2.05) is 54.6 Å². The third kappa shape index (κ3) is 3.82. The summed E-state index contributed by atoms with van der Waals surface area (Å²) in [5.41, 5.74) is 2.29. The number of aromatic nitrogens is 2. The Morgan fingerprint density at radius 2 is 1.71 bits per heavy atom. The lowest BCUT2D eigenvalue weighted by Gasteiger charge is -2.34. The molecule has 0 saturated carbocycles. The Morgan fingerprint density at radius 1 is 0.935 bits per heavy atom. The smallest absolute Gasteiger partial charge is 0.260 e. The van der Waals surface area contributed by atoms with Crippen LogP contribution in [0.3, 0.4) is 0 Å². The SMILES string of the molecule is O=C(COc1cccc2ccccc12)N1CCN(C(=O)c2ccc3nc[nH]c3c2)CC1. The van der Waals surface area contributed by atoms with Crippen LogP contribution in [0.1, 0.15) is 10.4 Å². The van der Waals surface area contributed by atoms with E-state index in [0.29, 0.717) is 37.5 Å². The number of nitrogens with one attached hydrogen (secondary N) is 1. The van der Waals surface area contributed by atoms with Gasteiger partial charge in [0.2, 0.25) is 0 Å². The molecule has 5 rings (SSSR count). The zero-order chi connectivity index (χ0) is 21.2. The van der Waals surface area contributed by atoms with Gasteiger partial charge in [-0.1, -0.05) is 36.4 Å². The van der Waals surface area contributed by atoms with Gasteiger partial charge in [-0.3, -0.25) is 9.59 Å². The van der Waals surface area contributed by atoms with Crippen molar-refractivity contribution in [2.45, 2.75) is 0 Å². The van der Waals surface area contributed by atoms with Crippen molar-refractivity contribution in [3.63, 3.8) is 0 Å². The van der Waals surface area contributed by atoms with Gasteiger partial charge in [0.15, 0.2) is 6.61 Å². The van der Waals surface area contributed by atoms with Gasteiger partial charge < -0.3 is 19.5 Å². The van der Waals surface area contributed by atoms with Gasteiger partial charge in [-0.15, -0.1) is 0 Å². The Bertz CT molecular complexity index is 1250. The van der Waals surface area contributed by atoms with Crippen LogP contribution < -0.4 is 4.74 Å². The molecule has 1 N–H and O–H groups in total. The monoisotopic (exact) mass is 414 g/mol. The number of benzene rings is 3. The molecule has 7 heteroatoms. The van der Waals surface area contributed by atoms with E-state index in [1.165, 1.54) is 0 Å². The van der Waals surface area contributed by atoms with E-state index in [4.69, 9.17) is 4.74 Å². The fourth-order valence-electron chi connectivity index (χ4n) is 3.96. The second kappa shape index (κ2) is 8.10. The molecule has 0 bridgehead atoms. The van der Waals surface area contributed by atoms with E-state index in [2.05, 4.69) is 9.97 Å². The zero-order valence-electron chi connectivity index (χ0n) is 17.0. The molecule has 1 saturated heterocycles. The van der Waals surface area contributed by atoms with Crippen LogP contribution in [0.2, 0.25) is 0 Å². The van der Waals surface area contributed by atoms with Crippen molar-refractivity contribution in [2.75, 3.05) is 32.8 Å². The lowest BCUT2D eigenvalue weighted by Crippen LogP contribution is -2.51. The summed E-state index contributed by atoms with van der Waals surface area (Å²) in [6.07, 6.45) is 1.61. The van der Waals surface area contributed by atoms with Crippen LogP contribution in [0.15, 0.2) is 67.0 Å². The van der Waals surface area contributed by atoms with Crippen molar-refractivity contribution >= 4 is 33.6 Å². The van der Waals surface area contributed by atoms with E-state index in [9.17, 15) is 9.59 Å². The fourth-order valence-corrected chi connectivity index (χ4v) is 3.96. The lowest BCUT2D eigenvalue weighted by molar-refractivity contribution is -0.134. The highest BCUT2D eigenvalue weighted by Crippen LogP contribution is 2.25. The summed E-state index contributed by atoms with van der Waals surface area (Å²) in [7, 11) is 0. The fraction of sp³-hybridized carbons (Fsp3) is 0.208. The predicted molar refractivity (Wildman–Crippen MR) is 118 cm³/mol. The summed E-state index contributed by atoms with van der Waals surface area (Å²) in [6, 6.07) is 19.2. The Morgan fingerprint density at radius 3 is 2.58 bits per heavy atom. The van der Waals surface area contributed by atoms with E-state index in [-0.39, 0.29) is 18.4 Å². The number of hydrogen-bond donors (Lipinski definition) is 1. The van der Waals surface area contributed by atoms with Gasteiger partial charge in [-0.05, 0) is 29.7 Å². The molecule has 4 aromatic rings. The van der Waals surface area contributed by atoms with Gasteiger partial charge in [0.25, 0.3) is 11.8 Å². The largest absolute Gasteiger partial charge is 0.483 e. The van der Waals surface area contributed by atoms with Crippen molar-refractivity contribution in [1.82, 2.24) is 19.8 Å². The highest BCUT2D eigenvalue weighted by atomic mass is 16.5. The Kier molecular flexibility index (Phi) is 5.00.